The molecule has 1 N–H and O–H groups in total. The van der Waals surface area contributed by atoms with Crippen LogP contribution in [0.1, 0.15) is 13.8 Å². The number of fused-ring (bicyclic) bond motifs is 7. The van der Waals surface area contributed by atoms with Crippen molar-refractivity contribution in [3.8, 4) is 11.3 Å². The second kappa shape index (κ2) is 13.2. The number of hydrogen-bond donors (Lipinski definition) is 1. The van der Waals surface area contributed by atoms with Gasteiger partial charge in [-0.1, -0.05) is 130 Å². The van der Waals surface area contributed by atoms with Crippen LogP contribution < -0.4 is 36.7 Å². The first-order chi connectivity index (χ1) is 23.9. The predicted molar refractivity (Wildman–Crippen MR) is 220 cm³/mol. The van der Waals surface area contributed by atoms with Crippen molar-refractivity contribution in [1.29, 1.82) is 0 Å². The predicted octanol–water partition coefficient (Wildman–Crippen LogP) is 7.07. The second-order valence-corrected chi connectivity index (χ2v) is 25.3. The molecule has 1 atom stereocenters. The fourth-order valence-corrected chi connectivity index (χ4v) is 20.6. The van der Waals surface area contributed by atoms with Crippen LogP contribution in [0.4, 0.5) is 0 Å². The molecule has 255 valence electrons. The number of carbonyl (C=O) groups is 1. The van der Waals surface area contributed by atoms with Crippen LogP contribution in [0.3, 0.4) is 0 Å². The summed E-state index contributed by atoms with van der Waals surface area (Å²) >= 11 is 0. The molecular formula is C44H39IrNO2PSi2-. The minimum atomic E-state index is -2.10. The van der Waals surface area contributed by atoms with Gasteiger partial charge < -0.3 is 5.11 Å². The van der Waals surface area contributed by atoms with E-state index < -0.39 is 24.1 Å². The number of ketones is 1. The van der Waals surface area contributed by atoms with Gasteiger partial charge in [-0.05, 0) is 85.7 Å². The van der Waals surface area contributed by atoms with Crippen molar-refractivity contribution in [1.82, 2.24) is 4.98 Å². The fourth-order valence-electron chi connectivity index (χ4n) is 7.86. The van der Waals surface area contributed by atoms with Crippen molar-refractivity contribution in [3.05, 3.63) is 133 Å². The molecule has 0 saturated carbocycles. The Morgan fingerprint density at radius 3 is 1.71 bits per heavy atom. The molecule has 0 saturated heterocycles. The number of allylic oxidation sites excluding steroid dienone is 2. The van der Waals surface area contributed by atoms with Crippen molar-refractivity contribution >= 4 is 99.0 Å². The number of aliphatic hydroxyl groups excluding tert-OH is 1. The van der Waals surface area contributed by atoms with E-state index in [9.17, 15) is 4.79 Å². The van der Waals surface area contributed by atoms with Gasteiger partial charge in [-0.15, -0.1) is 28.1 Å². The van der Waals surface area contributed by atoms with Crippen molar-refractivity contribution < 1.29 is 30.0 Å². The third-order valence-electron chi connectivity index (χ3n) is 10.4. The molecule has 1 radical (unpaired) electrons. The molecule has 2 aliphatic rings. The Morgan fingerprint density at radius 1 is 0.667 bits per heavy atom. The Hall–Kier alpha value is -4.03. The van der Waals surface area contributed by atoms with Gasteiger partial charge >= 0.3 is 0 Å². The van der Waals surface area contributed by atoms with Gasteiger partial charge in [0.05, 0.1) is 27.4 Å². The molecule has 7 aromatic rings. The Balaban J connectivity index is 0.000000464. The van der Waals surface area contributed by atoms with Gasteiger partial charge in [0.25, 0.3) is 0 Å². The van der Waals surface area contributed by atoms with E-state index in [1.165, 1.54) is 52.0 Å². The summed E-state index contributed by atoms with van der Waals surface area (Å²) in [6, 6.07) is 47.5. The summed E-state index contributed by atoms with van der Waals surface area (Å²) < 4.78 is 0. The van der Waals surface area contributed by atoms with Crippen LogP contribution in [0, 0.1) is 6.07 Å². The summed E-state index contributed by atoms with van der Waals surface area (Å²) in [4.78, 5) is 15.2. The molecule has 0 bridgehead atoms. The van der Waals surface area contributed by atoms with Crippen molar-refractivity contribution in [3.63, 3.8) is 0 Å². The maximum absolute atomic E-state index is 10.0. The van der Waals surface area contributed by atoms with Crippen molar-refractivity contribution in [2.24, 2.45) is 0 Å². The van der Waals surface area contributed by atoms with Crippen LogP contribution in [0.15, 0.2) is 127 Å². The number of rotatable bonds is 2. The summed E-state index contributed by atoms with van der Waals surface area (Å²) in [5.74, 6) is -0.0625. The molecule has 7 heteroatoms. The third-order valence-corrected chi connectivity index (χ3v) is 20.7. The Kier molecular flexibility index (Phi) is 9.15. The molecule has 2 aliphatic heterocycles. The maximum atomic E-state index is 10.0. The summed E-state index contributed by atoms with van der Waals surface area (Å²) in [5.41, 5.74) is 3.23. The van der Waals surface area contributed by atoms with E-state index >= 15 is 0 Å². The average molecular weight is 893 g/mol. The number of para-hydroxylation sites is 1. The summed E-state index contributed by atoms with van der Waals surface area (Å²) in [6.45, 7) is 13.1. The normalized spacial score (nSPS) is 16.3. The number of aliphatic hydroxyl groups is 1. The van der Waals surface area contributed by atoms with Crippen molar-refractivity contribution in [2.75, 3.05) is 0 Å². The van der Waals surface area contributed by atoms with Crippen LogP contribution in [0.2, 0.25) is 26.2 Å². The average Bonchev–Trinajstić information content (AvgIpc) is 3.09. The van der Waals surface area contributed by atoms with Gasteiger partial charge in [0.15, 0.2) is 5.78 Å². The molecular weight excluding hydrogens is 854 g/mol. The number of carbonyl (C=O) groups excluding carboxylic acids is 1. The zero-order chi connectivity index (χ0) is 34.9. The Bertz CT molecular complexity index is 2450. The van der Waals surface area contributed by atoms with E-state index in [-0.39, 0.29) is 31.6 Å². The summed E-state index contributed by atoms with van der Waals surface area (Å²) in [6.07, 6.45) is 1.17. The van der Waals surface area contributed by atoms with E-state index in [1.54, 1.807) is 31.5 Å². The Morgan fingerprint density at radius 2 is 1.18 bits per heavy atom. The topological polar surface area (TPSA) is 50.2 Å². The number of benzene rings is 6. The zero-order valence-corrected chi connectivity index (χ0v) is 34.9. The molecule has 0 spiro atoms. The molecule has 1 aromatic heterocycles. The smallest absolute Gasteiger partial charge is 0.155 e. The minimum absolute atomic E-state index is 0. The van der Waals surface area contributed by atoms with Gasteiger partial charge in [-0.3, -0.25) is 9.78 Å². The number of hydrogen-bond acceptors (Lipinski definition) is 3. The largest absolute Gasteiger partial charge is 0.512 e. The SMILES string of the molecule is CC(=O)/C=C(/C)O.C[Si]1(C)c2[c-]c(-c3ccc4ccccc4n3)cc3c2P(c2cc4ccccc4cc21)c1cc2ccccc2cc1[Si]3(C)C.[Ir]. The molecule has 51 heavy (non-hydrogen) atoms. The third kappa shape index (κ3) is 5.98. The monoisotopic (exact) mass is 893 g/mol. The number of aromatic nitrogens is 1. The Labute approximate surface area is 316 Å². The van der Waals surface area contributed by atoms with Gasteiger partial charge in [0.2, 0.25) is 0 Å². The zero-order valence-electron chi connectivity index (χ0n) is 29.6. The molecule has 0 aliphatic carbocycles. The van der Waals surface area contributed by atoms with Crippen LogP contribution >= 0.6 is 7.92 Å². The number of pyridine rings is 1. The van der Waals surface area contributed by atoms with Crippen LogP contribution in [-0.2, 0) is 24.9 Å². The minimum Gasteiger partial charge on any atom is -0.512 e. The quantitative estimate of drug-likeness (QED) is 0.0665. The fraction of sp³-hybridized carbons (Fsp3) is 0.136. The van der Waals surface area contributed by atoms with E-state index in [1.807, 2.05) is 0 Å². The first-order valence-corrected chi connectivity index (χ1v) is 24.5. The summed E-state index contributed by atoms with van der Waals surface area (Å²) in [7, 11) is -4.88. The van der Waals surface area contributed by atoms with Gasteiger partial charge in [-0.2, -0.15) is 0 Å². The van der Waals surface area contributed by atoms with E-state index in [2.05, 4.69) is 148 Å². The molecule has 3 heterocycles. The van der Waals surface area contributed by atoms with E-state index in [0.717, 1.165) is 16.8 Å². The first-order valence-electron chi connectivity index (χ1n) is 17.2. The van der Waals surface area contributed by atoms with E-state index in [4.69, 9.17) is 10.1 Å². The molecule has 9 rings (SSSR count). The second-order valence-electron chi connectivity index (χ2n) is 14.6. The summed E-state index contributed by atoms with van der Waals surface area (Å²) in [5, 5.41) is 26.0. The molecule has 3 nitrogen and oxygen atoms in total. The molecule has 6 aromatic carbocycles. The van der Waals surface area contributed by atoms with E-state index in [0.29, 0.717) is 0 Å². The number of nitrogens with zero attached hydrogens (tertiary/aromatic N) is 1. The van der Waals surface area contributed by atoms with Crippen LogP contribution in [0.5, 0.6) is 0 Å². The van der Waals surface area contributed by atoms with Gasteiger partial charge in [-0.25, -0.2) is 0 Å². The first kappa shape index (κ1) is 35.4. The molecule has 0 amide bonds. The van der Waals surface area contributed by atoms with Gasteiger partial charge in [0, 0.05) is 26.2 Å². The van der Waals surface area contributed by atoms with Gasteiger partial charge in [0.1, 0.15) is 0 Å². The van der Waals surface area contributed by atoms with Crippen molar-refractivity contribution in [2.45, 2.75) is 40.0 Å². The maximum Gasteiger partial charge on any atom is 0.155 e. The molecule has 1 unspecified atom stereocenters. The van der Waals surface area contributed by atoms with Crippen LogP contribution in [0.25, 0.3) is 43.7 Å². The molecule has 0 fully saturated rings. The van der Waals surface area contributed by atoms with Crippen LogP contribution in [-0.4, -0.2) is 32.0 Å². The standard InChI is InChI=1S/C39H31NPSi2.C5H8O2.Ir/c1-42(2)35-21-28-14-7-5-12-26(28)19-33(35)41-34-20-27-13-6-8-15-29(27)22-36(34)43(3,4)38-24-30(23-37(42)39(38)41)32-18-17-25-11-9-10-16-31(25)40-32;1-4(6)3-5(2)7;/h5-23H,1-4H3;3,6H,1-2H3;/q-1;;/b;4-3-;.